The predicted molar refractivity (Wildman–Crippen MR) is 59.9 cm³/mol. The molecule has 1 rings (SSSR count). The third-order valence-corrected chi connectivity index (χ3v) is 3.33. The minimum Gasteiger partial charge on any atom is -0.399 e. The van der Waals surface area contributed by atoms with E-state index in [1.807, 2.05) is 0 Å². The summed E-state index contributed by atoms with van der Waals surface area (Å²) in [6.07, 6.45) is 0. The molecule has 0 radical (unpaired) electrons. The number of primary amides is 1. The molecule has 0 heterocycles. The Balaban J connectivity index is 2.78. The first kappa shape index (κ1) is 12.8. The lowest BCUT2D eigenvalue weighted by Gasteiger charge is -2.08. The molecule has 1 aromatic carbocycles. The predicted octanol–water partition coefficient (Wildman–Crippen LogP) is 1.76. The Morgan fingerprint density at radius 2 is 1.94 bits per heavy atom. The van der Waals surface area contributed by atoms with Crippen molar-refractivity contribution < 1.29 is 13.6 Å². The van der Waals surface area contributed by atoms with Crippen LogP contribution in [0.3, 0.4) is 0 Å². The van der Waals surface area contributed by atoms with E-state index in [1.54, 1.807) is 6.92 Å². The highest BCUT2D eigenvalue weighted by Gasteiger charge is 2.14. The number of amides is 1. The molecule has 1 aromatic rings. The molecule has 0 aliphatic heterocycles. The fourth-order valence-electron chi connectivity index (χ4n) is 1.01. The lowest BCUT2D eigenvalue weighted by atomic mass is 10.2. The average Bonchev–Trinajstić information content (AvgIpc) is 2.15. The third kappa shape index (κ3) is 3.10. The van der Waals surface area contributed by atoms with Crippen LogP contribution in [0.2, 0.25) is 0 Å². The number of nitrogens with two attached hydrogens (primary N) is 2. The Bertz CT molecular complexity index is 389. The zero-order chi connectivity index (χ0) is 12.3. The molecule has 0 aromatic heterocycles. The van der Waals surface area contributed by atoms with Crippen molar-refractivity contribution in [3.63, 3.8) is 0 Å². The second kappa shape index (κ2) is 5.16. The summed E-state index contributed by atoms with van der Waals surface area (Å²) in [5.41, 5.74) is 10.3. The molecule has 4 N–H and O–H groups in total. The van der Waals surface area contributed by atoms with Crippen molar-refractivity contribution in [2.45, 2.75) is 11.8 Å². The highest BCUT2D eigenvalue weighted by molar-refractivity contribution is 7.99. The number of rotatable bonds is 4. The van der Waals surface area contributed by atoms with E-state index in [0.29, 0.717) is 0 Å². The van der Waals surface area contributed by atoms with Gasteiger partial charge in [0.2, 0.25) is 5.91 Å². The van der Waals surface area contributed by atoms with Crippen LogP contribution >= 0.6 is 11.8 Å². The molecule has 0 spiro atoms. The maximum atomic E-state index is 13.3. The van der Waals surface area contributed by atoms with Gasteiger partial charge in [0.15, 0.2) is 0 Å². The van der Waals surface area contributed by atoms with Crippen molar-refractivity contribution in [2.24, 2.45) is 11.7 Å². The minimum atomic E-state index is -0.723. The maximum absolute atomic E-state index is 13.3. The van der Waals surface area contributed by atoms with Gasteiger partial charge in [0.25, 0.3) is 0 Å². The standard InChI is InChI=1S/C10H12F2N2OS/c1-5(10(14)15)4-16-9-7(11)2-6(13)3-8(9)12/h2-3,5H,4,13H2,1H3,(H2,14,15). The van der Waals surface area contributed by atoms with E-state index >= 15 is 0 Å². The van der Waals surface area contributed by atoms with Gasteiger partial charge in [0.1, 0.15) is 11.6 Å². The van der Waals surface area contributed by atoms with Crippen LogP contribution in [0, 0.1) is 17.6 Å². The molecular formula is C10H12F2N2OS. The second-order valence-corrected chi connectivity index (χ2v) is 4.46. The van der Waals surface area contributed by atoms with Gasteiger partial charge in [0, 0.05) is 17.4 Å². The van der Waals surface area contributed by atoms with Crippen LogP contribution in [0.15, 0.2) is 17.0 Å². The summed E-state index contributed by atoms with van der Waals surface area (Å²) >= 11 is 0.912. The molecule has 0 fully saturated rings. The molecule has 6 heteroatoms. The van der Waals surface area contributed by atoms with Gasteiger partial charge in [-0.2, -0.15) is 0 Å². The van der Waals surface area contributed by atoms with E-state index in [4.69, 9.17) is 11.5 Å². The van der Waals surface area contributed by atoms with E-state index in [0.717, 1.165) is 23.9 Å². The Morgan fingerprint density at radius 1 is 1.44 bits per heavy atom. The fraction of sp³-hybridized carbons (Fsp3) is 0.300. The normalized spacial score (nSPS) is 12.4. The third-order valence-electron chi connectivity index (χ3n) is 1.98. The lowest BCUT2D eigenvalue weighted by Crippen LogP contribution is -2.22. The molecule has 1 atom stereocenters. The van der Waals surface area contributed by atoms with Gasteiger partial charge in [0.05, 0.1) is 4.90 Å². The Hall–Kier alpha value is -1.30. The molecule has 0 saturated carbocycles. The van der Waals surface area contributed by atoms with Crippen LogP contribution in [0.5, 0.6) is 0 Å². The van der Waals surface area contributed by atoms with E-state index in [2.05, 4.69) is 0 Å². The summed E-state index contributed by atoms with van der Waals surface area (Å²) < 4.78 is 26.6. The van der Waals surface area contributed by atoms with Gasteiger partial charge >= 0.3 is 0 Å². The number of anilines is 1. The van der Waals surface area contributed by atoms with E-state index in [-0.39, 0.29) is 16.3 Å². The van der Waals surface area contributed by atoms with Crippen molar-refractivity contribution in [2.75, 3.05) is 11.5 Å². The van der Waals surface area contributed by atoms with Crippen LogP contribution in [-0.4, -0.2) is 11.7 Å². The van der Waals surface area contributed by atoms with Gasteiger partial charge in [-0.25, -0.2) is 8.78 Å². The van der Waals surface area contributed by atoms with Gasteiger partial charge in [-0.05, 0) is 12.1 Å². The topological polar surface area (TPSA) is 69.1 Å². The van der Waals surface area contributed by atoms with Crippen LogP contribution in [0.1, 0.15) is 6.92 Å². The van der Waals surface area contributed by atoms with E-state index < -0.39 is 23.5 Å². The number of thioether (sulfide) groups is 1. The molecule has 1 unspecified atom stereocenters. The van der Waals surface area contributed by atoms with Crippen molar-refractivity contribution in [3.05, 3.63) is 23.8 Å². The monoisotopic (exact) mass is 246 g/mol. The van der Waals surface area contributed by atoms with Crippen molar-refractivity contribution >= 4 is 23.4 Å². The van der Waals surface area contributed by atoms with Crippen molar-refractivity contribution in [1.29, 1.82) is 0 Å². The zero-order valence-corrected chi connectivity index (χ0v) is 9.48. The Kier molecular flexibility index (Phi) is 4.12. The fourth-order valence-corrected chi connectivity index (χ4v) is 1.98. The summed E-state index contributed by atoms with van der Waals surface area (Å²) in [6, 6.07) is 2.08. The minimum absolute atomic E-state index is 0.0299. The summed E-state index contributed by atoms with van der Waals surface area (Å²) in [5.74, 6) is -2.16. The number of nitrogen functional groups attached to an aromatic ring is 1. The molecule has 3 nitrogen and oxygen atoms in total. The van der Waals surface area contributed by atoms with Gasteiger partial charge < -0.3 is 11.5 Å². The first-order valence-electron chi connectivity index (χ1n) is 4.58. The van der Waals surface area contributed by atoms with Crippen LogP contribution in [0.25, 0.3) is 0 Å². The van der Waals surface area contributed by atoms with Crippen LogP contribution in [-0.2, 0) is 4.79 Å². The maximum Gasteiger partial charge on any atom is 0.221 e. The first-order chi connectivity index (χ1) is 7.41. The van der Waals surface area contributed by atoms with Crippen molar-refractivity contribution in [3.8, 4) is 0 Å². The molecule has 1 amide bonds. The number of hydrogen-bond acceptors (Lipinski definition) is 3. The molecule has 0 aliphatic rings. The number of carbonyl (C=O) groups is 1. The van der Waals surface area contributed by atoms with E-state index in [9.17, 15) is 13.6 Å². The molecular weight excluding hydrogens is 234 g/mol. The Morgan fingerprint density at radius 3 is 2.38 bits per heavy atom. The molecule has 0 saturated heterocycles. The zero-order valence-electron chi connectivity index (χ0n) is 8.67. The quantitative estimate of drug-likeness (QED) is 0.628. The summed E-state index contributed by atoms with van der Waals surface area (Å²) in [4.78, 5) is 10.6. The van der Waals surface area contributed by atoms with Crippen LogP contribution in [0.4, 0.5) is 14.5 Å². The average molecular weight is 246 g/mol. The molecule has 16 heavy (non-hydrogen) atoms. The number of benzene rings is 1. The SMILES string of the molecule is CC(CSc1c(F)cc(N)cc1F)C(N)=O. The number of hydrogen-bond donors (Lipinski definition) is 2. The van der Waals surface area contributed by atoms with E-state index in [1.165, 1.54) is 0 Å². The Labute approximate surface area is 96.2 Å². The number of halogens is 2. The first-order valence-corrected chi connectivity index (χ1v) is 5.57. The highest BCUT2D eigenvalue weighted by Crippen LogP contribution is 2.28. The molecule has 0 bridgehead atoms. The van der Waals surface area contributed by atoms with Gasteiger partial charge in [-0.3, -0.25) is 4.79 Å². The van der Waals surface area contributed by atoms with Gasteiger partial charge in [-0.1, -0.05) is 6.92 Å². The van der Waals surface area contributed by atoms with Crippen molar-refractivity contribution in [1.82, 2.24) is 0 Å². The lowest BCUT2D eigenvalue weighted by molar-refractivity contribution is -0.120. The molecule has 88 valence electrons. The largest absolute Gasteiger partial charge is 0.399 e. The molecule has 0 aliphatic carbocycles. The summed E-state index contributed by atoms with van der Waals surface area (Å²) in [7, 11) is 0. The van der Waals surface area contributed by atoms with Gasteiger partial charge in [-0.15, -0.1) is 11.8 Å². The van der Waals surface area contributed by atoms with Crippen LogP contribution < -0.4 is 11.5 Å². The highest BCUT2D eigenvalue weighted by atomic mass is 32.2. The summed E-state index contributed by atoms with van der Waals surface area (Å²) in [5, 5.41) is 0. The summed E-state index contributed by atoms with van der Waals surface area (Å²) in [6.45, 7) is 1.60. The number of carbonyl (C=O) groups excluding carboxylic acids is 1. The second-order valence-electron chi connectivity index (χ2n) is 3.43. The smallest absolute Gasteiger partial charge is 0.221 e.